The summed E-state index contributed by atoms with van der Waals surface area (Å²) in [5.41, 5.74) is 1.06. The van der Waals surface area contributed by atoms with Gasteiger partial charge in [0.2, 0.25) is 0 Å². The summed E-state index contributed by atoms with van der Waals surface area (Å²) >= 11 is 9.17. The Morgan fingerprint density at radius 1 is 1.57 bits per heavy atom. The van der Waals surface area contributed by atoms with Crippen LogP contribution < -0.4 is 5.32 Å². The van der Waals surface area contributed by atoms with E-state index in [-0.39, 0.29) is 5.54 Å². The Balaban J connectivity index is 2.73. The third-order valence-electron chi connectivity index (χ3n) is 1.96. The van der Waals surface area contributed by atoms with Crippen LogP contribution >= 0.6 is 27.5 Å². The van der Waals surface area contributed by atoms with Crippen LogP contribution in [0.3, 0.4) is 0 Å². The van der Waals surface area contributed by atoms with E-state index < -0.39 is 0 Å². The Hall–Kier alpha value is -0.280. The summed E-state index contributed by atoms with van der Waals surface area (Å²) < 4.78 is 0.975. The number of pyridine rings is 1. The van der Waals surface area contributed by atoms with Crippen LogP contribution in [-0.2, 0) is 0 Å². The van der Waals surface area contributed by atoms with Gasteiger partial charge in [-0.15, -0.1) is 11.6 Å². The Kier molecular flexibility index (Phi) is 4.20. The smallest absolute Gasteiger partial charge is 0.0590 e. The molecule has 1 aromatic rings. The van der Waals surface area contributed by atoms with Gasteiger partial charge in [0.1, 0.15) is 0 Å². The van der Waals surface area contributed by atoms with Crippen LogP contribution in [0.2, 0.25) is 0 Å². The highest BCUT2D eigenvalue weighted by molar-refractivity contribution is 9.10. The molecule has 0 radical (unpaired) electrons. The van der Waals surface area contributed by atoms with Gasteiger partial charge in [-0.2, -0.15) is 0 Å². The highest BCUT2D eigenvalue weighted by Crippen LogP contribution is 2.25. The van der Waals surface area contributed by atoms with E-state index in [4.69, 9.17) is 11.6 Å². The molecule has 2 nitrogen and oxygen atoms in total. The quantitative estimate of drug-likeness (QED) is 0.850. The van der Waals surface area contributed by atoms with Crippen LogP contribution in [0.5, 0.6) is 0 Å². The number of hydrogen-bond acceptors (Lipinski definition) is 2. The molecule has 0 aliphatic rings. The van der Waals surface area contributed by atoms with Crippen molar-refractivity contribution in [1.82, 2.24) is 4.98 Å². The van der Waals surface area contributed by atoms with E-state index in [1.54, 1.807) is 12.4 Å². The average Bonchev–Trinajstić information content (AvgIpc) is 2.08. The van der Waals surface area contributed by atoms with Crippen molar-refractivity contribution in [3.8, 4) is 0 Å². The van der Waals surface area contributed by atoms with Crippen LogP contribution in [0.4, 0.5) is 5.69 Å². The average molecular weight is 278 g/mol. The van der Waals surface area contributed by atoms with Crippen molar-refractivity contribution in [2.75, 3.05) is 11.2 Å². The molecule has 1 aromatic heterocycles. The molecule has 0 amide bonds. The van der Waals surface area contributed by atoms with Crippen LogP contribution in [0, 0.1) is 0 Å². The standard InChI is InChI=1S/C10H14BrClN2/c1-10(2,4-5-12)14-9-3-6-13-7-8(9)11/h3,6-7H,4-5H2,1-2H3,(H,13,14). The second kappa shape index (κ2) is 4.99. The fraction of sp³-hybridized carbons (Fsp3) is 0.500. The van der Waals surface area contributed by atoms with Gasteiger partial charge in [-0.3, -0.25) is 4.98 Å². The largest absolute Gasteiger partial charge is 0.379 e. The van der Waals surface area contributed by atoms with E-state index in [1.807, 2.05) is 6.07 Å². The maximum Gasteiger partial charge on any atom is 0.0590 e. The molecule has 0 spiro atoms. The number of alkyl halides is 1. The van der Waals surface area contributed by atoms with E-state index in [1.165, 1.54) is 0 Å². The van der Waals surface area contributed by atoms with Gasteiger partial charge < -0.3 is 5.32 Å². The molecule has 0 saturated carbocycles. The predicted molar refractivity (Wildman–Crippen MR) is 65.0 cm³/mol. The lowest BCUT2D eigenvalue weighted by atomic mass is 10.0. The number of aromatic nitrogens is 1. The lowest BCUT2D eigenvalue weighted by Crippen LogP contribution is -2.31. The van der Waals surface area contributed by atoms with Crippen LogP contribution in [0.25, 0.3) is 0 Å². The molecule has 78 valence electrons. The summed E-state index contributed by atoms with van der Waals surface area (Å²) in [7, 11) is 0. The third kappa shape index (κ3) is 3.46. The van der Waals surface area contributed by atoms with Crippen molar-refractivity contribution in [2.24, 2.45) is 0 Å². The highest BCUT2D eigenvalue weighted by Gasteiger charge is 2.17. The lowest BCUT2D eigenvalue weighted by Gasteiger charge is -2.27. The molecule has 14 heavy (non-hydrogen) atoms. The Morgan fingerprint density at radius 3 is 2.86 bits per heavy atom. The van der Waals surface area contributed by atoms with Gasteiger partial charge in [0, 0.05) is 23.8 Å². The van der Waals surface area contributed by atoms with Crippen LogP contribution in [-0.4, -0.2) is 16.4 Å². The zero-order valence-electron chi connectivity index (χ0n) is 8.35. The van der Waals surface area contributed by atoms with Gasteiger partial charge in [0.25, 0.3) is 0 Å². The fourth-order valence-electron chi connectivity index (χ4n) is 1.14. The summed E-state index contributed by atoms with van der Waals surface area (Å²) in [4.78, 5) is 4.01. The minimum absolute atomic E-state index is 0.00558. The molecule has 4 heteroatoms. The number of nitrogens with one attached hydrogen (secondary N) is 1. The van der Waals surface area contributed by atoms with Crippen molar-refractivity contribution >= 4 is 33.2 Å². The topological polar surface area (TPSA) is 24.9 Å². The molecule has 0 unspecified atom stereocenters. The summed E-state index contributed by atoms with van der Waals surface area (Å²) in [6.45, 7) is 4.25. The van der Waals surface area contributed by atoms with E-state index in [2.05, 4.69) is 40.1 Å². The molecule has 0 aliphatic carbocycles. The van der Waals surface area contributed by atoms with Crippen molar-refractivity contribution < 1.29 is 0 Å². The number of rotatable bonds is 4. The summed E-state index contributed by atoms with van der Waals surface area (Å²) in [6, 6.07) is 1.94. The van der Waals surface area contributed by atoms with Gasteiger partial charge in [0.05, 0.1) is 10.2 Å². The highest BCUT2D eigenvalue weighted by atomic mass is 79.9. The van der Waals surface area contributed by atoms with E-state index in [0.717, 1.165) is 16.6 Å². The first-order chi connectivity index (χ1) is 6.55. The molecule has 1 heterocycles. The number of nitrogens with zero attached hydrogens (tertiary/aromatic N) is 1. The first-order valence-corrected chi connectivity index (χ1v) is 5.81. The zero-order valence-corrected chi connectivity index (χ0v) is 10.7. The van der Waals surface area contributed by atoms with E-state index in [0.29, 0.717) is 5.88 Å². The number of hydrogen-bond donors (Lipinski definition) is 1. The van der Waals surface area contributed by atoms with Gasteiger partial charge >= 0.3 is 0 Å². The van der Waals surface area contributed by atoms with Gasteiger partial charge in [-0.05, 0) is 42.3 Å². The van der Waals surface area contributed by atoms with Gasteiger partial charge in [-0.1, -0.05) is 0 Å². The molecule has 0 aromatic carbocycles. The van der Waals surface area contributed by atoms with Crippen LogP contribution in [0.1, 0.15) is 20.3 Å². The molecule has 1 rings (SSSR count). The molecule has 0 atom stereocenters. The van der Waals surface area contributed by atoms with E-state index in [9.17, 15) is 0 Å². The first kappa shape index (κ1) is 11.8. The van der Waals surface area contributed by atoms with Crippen molar-refractivity contribution in [3.63, 3.8) is 0 Å². The maximum atomic E-state index is 5.73. The third-order valence-corrected chi connectivity index (χ3v) is 2.79. The molecular formula is C10H14BrClN2. The first-order valence-electron chi connectivity index (χ1n) is 4.49. The predicted octanol–water partition coefficient (Wildman–Crippen LogP) is 3.66. The van der Waals surface area contributed by atoms with Crippen molar-refractivity contribution in [1.29, 1.82) is 0 Å². The Labute approximate surface area is 98.2 Å². The van der Waals surface area contributed by atoms with Gasteiger partial charge in [0.15, 0.2) is 0 Å². The molecule has 0 bridgehead atoms. The van der Waals surface area contributed by atoms with Crippen LogP contribution in [0.15, 0.2) is 22.9 Å². The molecule has 1 N–H and O–H groups in total. The Morgan fingerprint density at radius 2 is 2.29 bits per heavy atom. The van der Waals surface area contributed by atoms with Crippen molar-refractivity contribution in [2.45, 2.75) is 25.8 Å². The normalized spacial score (nSPS) is 11.4. The lowest BCUT2D eigenvalue weighted by molar-refractivity contribution is 0.550. The summed E-state index contributed by atoms with van der Waals surface area (Å²) in [5, 5.41) is 3.42. The molecular weight excluding hydrogens is 263 g/mol. The second-order valence-corrected chi connectivity index (χ2v) is 5.04. The second-order valence-electron chi connectivity index (χ2n) is 3.80. The maximum absolute atomic E-state index is 5.73. The fourth-order valence-corrected chi connectivity index (χ4v) is 1.96. The zero-order chi connectivity index (χ0) is 10.6. The number of halogens is 2. The molecule has 0 fully saturated rings. The molecule has 0 saturated heterocycles. The monoisotopic (exact) mass is 276 g/mol. The number of anilines is 1. The minimum Gasteiger partial charge on any atom is -0.379 e. The van der Waals surface area contributed by atoms with Crippen molar-refractivity contribution in [3.05, 3.63) is 22.9 Å². The summed E-state index contributed by atoms with van der Waals surface area (Å²) in [6.07, 6.45) is 4.46. The Bertz CT molecular complexity index is 302. The minimum atomic E-state index is 0.00558. The molecule has 0 aliphatic heterocycles. The summed E-state index contributed by atoms with van der Waals surface area (Å²) in [5.74, 6) is 0.655. The SMILES string of the molecule is CC(C)(CCCl)Nc1ccncc1Br. The van der Waals surface area contributed by atoms with Gasteiger partial charge in [-0.25, -0.2) is 0 Å². The van der Waals surface area contributed by atoms with E-state index >= 15 is 0 Å².